The van der Waals surface area contributed by atoms with E-state index in [2.05, 4.69) is 22.4 Å². The Balaban J connectivity index is 1.72. The molecule has 1 N–H and O–H groups in total. The van der Waals surface area contributed by atoms with Crippen molar-refractivity contribution >= 4 is 17.3 Å². The van der Waals surface area contributed by atoms with E-state index >= 15 is 0 Å². The highest BCUT2D eigenvalue weighted by Gasteiger charge is 2.44. The molecule has 110 valence electrons. The van der Waals surface area contributed by atoms with Crippen LogP contribution in [0, 0.1) is 11.3 Å². The molecule has 2 heterocycles. The van der Waals surface area contributed by atoms with E-state index in [1.54, 1.807) is 0 Å². The molecule has 1 aliphatic heterocycles. The van der Waals surface area contributed by atoms with Crippen molar-refractivity contribution in [2.24, 2.45) is 11.3 Å². The van der Waals surface area contributed by atoms with Gasteiger partial charge in [-0.25, -0.2) is 0 Å². The van der Waals surface area contributed by atoms with Gasteiger partial charge in [-0.05, 0) is 62.6 Å². The predicted octanol–water partition coefficient (Wildman–Crippen LogP) is 3.78. The predicted molar refractivity (Wildman–Crippen MR) is 81.0 cm³/mol. The zero-order chi connectivity index (χ0) is 14.2. The van der Waals surface area contributed by atoms with Crippen molar-refractivity contribution in [2.45, 2.75) is 45.1 Å². The molecule has 0 bridgehead atoms. The number of thiophene rings is 1. The fourth-order valence-electron chi connectivity index (χ4n) is 3.53. The van der Waals surface area contributed by atoms with E-state index in [9.17, 15) is 9.90 Å². The zero-order valence-electron chi connectivity index (χ0n) is 12.0. The maximum Gasteiger partial charge on any atom is 0.309 e. The molecule has 1 saturated carbocycles. The van der Waals surface area contributed by atoms with Crippen molar-refractivity contribution in [3.8, 4) is 0 Å². The van der Waals surface area contributed by atoms with Gasteiger partial charge in [0, 0.05) is 10.9 Å². The molecule has 3 nitrogen and oxygen atoms in total. The van der Waals surface area contributed by atoms with Crippen molar-refractivity contribution in [3.05, 3.63) is 22.4 Å². The molecule has 0 aromatic carbocycles. The lowest BCUT2D eigenvalue weighted by atomic mass is 9.76. The quantitative estimate of drug-likeness (QED) is 0.898. The lowest BCUT2D eigenvalue weighted by molar-refractivity contribution is -0.152. The molecular weight excluding hydrogens is 270 g/mol. The SMILES string of the molecule is CCC1(C(=O)O)CCN(C(c2cccs2)C2CC2)CC1. The molecule has 2 aliphatic rings. The van der Waals surface area contributed by atoms with Gasteiger partial charge in [-0.15, -0.1) is 11.3 Å². The molecule has 20 heavy (non-hydrogen) atoms. The molecule has 0 amide bonds. The minimum atomic E-state index is -0.598. The number of carboxylic acids is 1. The second kappa shape index (κ2) is 5.49. The summed E-state index contributed by atoms with van der Waals surface area (Å²) in [7, 11) is 0. The highest BCUT2D eigenvalue weighted by Crippen LogP contribution is 2.48. The second-order valence-electron chi connectivity index (χ2n) is 6.27. The van der Waals surface area contributed by atoms with E-state index in [0.29, 0.717) is 6.04 Å². The van der Waals surface area contributed by atoms with Crippen LogP contribution in [0.25, 0.3) is 0 Å². The molecule has 3 rings (SSSR count). The van der Waals surface area contributed by atoms with E-state index < -0.39 is 11.4 Å². The molecule has 1 atom stereocenters. The number of carboxylic acid groups (broad SMARTS) is 1. The Morgan fingerprint density at radius 1 is 1.50 bits per heavy atom. The molecule has 0 spiro atoms. The molecular formula is C16H23NO2S. The highest BCUT2D eigenvalue weighted by molar-refractivity contribution is 7.10. The smallest absolute Gasteiger partial charge is 0.309 e. The van der Waals surface area contributed by atoms with Crippen LogP contribution in [0.5, 0.6) is 0 Å². The third kappa shape index (κ3) is 2.51. The summed E-state index contributed by atoms with van der Waals surface area (Å²) >= 11 is 1.85. The molecule has 1 unspecified atom stereocenters. The fourth-order valence-corrected chi connectivity index (χ4v) is 4.48. The largest absolute Gasteiger partial charge is 0.481 e. The Morgan fingerprint density at radius 2 is 2.20 bits per heavy atom. The first-order valence-corrected chi connectivity index (χ1v) is 8.55. The van der Waals surface area contributed by atoms with Crippen molar-refractivity contribution in [3.63, 3.8) is 0 Å². The number of hydrogen-bond donors (Lipinski definition) is 1. The summed E-state index contributed by atoms with van der Waals surface area (Å²) in [5.41, 5.74) is -0.472. The van der Waals surface area contributed by atoms with Crippen LogP contribution in [0.4, 0.5) is 0 Å². The van der Waals surface area contributed by atoms with E-state index in [-0.39, 0.29) is 0 Å². The van der Waals surface area contributed by atoms with Gasteiger partial charge in [0.1, 0.15) is 0 Å². The van der Waals surface area contributed by atoms with Gasteiger partial charge in [-0.1, -0.05) is 13.0 Å². The Morgan fingerprint density at radius 3 is 2.65 bits per heavy atom. The first-order chi connectivity index (χ1) is 9.66. The minimum Gasteiger partial charge on any atom is -0.481 e. The van der Waals surface area contributed by atoms with Crippen LogP contribution in [-0.4, -0.2) is 29.1 Å². The third-order valence-corrected chi connectivity index (χ3v) is 6.13. The molecule has 1 aromatic heterocycles. The van der Waals surface area contributed by atoms with Crippen molar-refractivity contribution in [1.29, 1.82) is 0 Å². The van der Waals surface area contributed by atoms with Gasteiger partial charge < -0.3 is 5.11 Å². The first kappa shape index (κ1) is 14.1. The molecule has 1 saturated heterocycles. The summed E-state index contributed by atoms with van der Waals surface area (Å²) in [6.07, 6.45) is 5.01. The summed E-state index contributed by atoms with van der Waals surface area (Å²) in [5.74, 6) is 0.200. The van der Waals surface area contributed by atoms with Gasteiger partial charge >= 0.3 is 5.97 Å². The molecule has 0 radical (unpaired) electrons. The number of aliphatic carboxylic acids is 1. The number of piperidine rings is 1. The van der Waals surface area contributed by atoms with Crippen LogP contribution in [0.3, 0.4) is 0 Å². The molecule has 1 aliphatic carbocycles. The molecule has 2 fully saturated rings. The van der Waals surface area contributed by atoms with Crippen molar-refractivity contribution in [1.82, 2.24) is 4.90 Å². The summed E-state index contributed by atoms with van der Waals surface area (Å²) in [4.78, 5) is 15.5. The minimum absolute atomic E-state index is 0.472. The Bertz CT molecular complexity index is 459. The van der Waals surface area contributed by atoms with E-state index in [1.807, 2.05) is 18.3 Å². The Labute approximate surface area is 124 Å². The standard InChI is InChI=1S/C16H23NO2S/c1-2-16(15(18)19)7-9-17(10-8-16)14(12-5-6-12)13-4-3-11-20-13/h3-4,11-12,14H,2,5-10H2,1H3,(H,18,19). The van der Waals surface area contributed by atoms with E-state index in [1.165, 1.54) is 17.7 Å². The van der Waals surface area contributed by atoms with Crippen LogP contribution in [0.1, 0.15) is 49.9 Å². The average molecular weight is 293 g/mol. The van der Waals surface area contributed by atoms with Gasteiger partial charge in [-0.3, -0.25) is 9.69 Å². The normalized spacial score (nSPS) is 24.4. The Hall–Kier alpha value is -0.870. The fraction of sp³-hybridized carbons (Fsp3) is 0.688. The average Bonchev–Trinajstić information content (AvgIpc) is 3.14. The molecule has 1 aromatic rings. The zero-order valence-corrected chi connectivity index (χ0v) is 12.9. The summed E-state index contributed by atoms with van der Waals surface area (Å²) in [6.45, 7) is 3.87. The number of likely N-dealkylation sites (tertiary alicyclic amines) is 1. The maximum atomic E-state index is 11.5. The van der Waals surface area contributed by atoms with Gasteiger partial charge in [0.25, 0.3) is 0 Å². The summed E-state index contributed by atoms with van der Waals surface area (Å²) < 4.78 is 0. The van der Waals surface area contributed by atoms with E-state index in [4.69, 9.17) is 0 Å². The summed E-state index contributed by atoms with van der Waals surface area (Å²) in [5, 5.41) is 11.7. The van der Waals surface area contributed by atoms with E-state index in [0.717, 1.165) is 38.3 Å². The lowest BCUT2D eigenvalue weighted by Crippen LogP contribution is -2.45. The molecule has 4 heteroatoms. The topological polar surface area (TPSA) is 40.5 Å². The first-order valence-electron chi connectivity index (χ1n) is 7.67. The number of rotatable bonds is 5. The highest BCUT2D eigenvalue weighted by atomic mass is 32.1. The number of carbonyl (C=O) groups is 1. The summed E-state index contributed by atoms with van der Waals surface area (Å²) in [6, 6.07) is 4.91. The van der Waals surface area contributed by atoms with Crippen LogP contribution in [0.15, 0.2) is 17.5 Å². The Kier molecular flexibility index (Phi) is 3.87. The third-order valence-electron chi connectivity index (χ3n) is 5.18. The second-order valence-corrected chi connectivity index (χ2v) is 7.25. The van der Waals surface area contributed by atoms with Crippen molar-refractivity contribution in [2.75, 3.05) is 13.1 Å². The van der Waals surface area contributed by atoms with Gasteiger partial charge in [0.05, 0.1) is 5.41 Å². The van der Waals surface area contributed by atoms with Gasteiger partial charge in [0.15, 0.2) is 0 Å². The maximum absolute atomic E-state index is 11.5. The monoisotopic (exact) mass is 293 g/mol. The van der Waals surface area contributed by atoms with Crippen LogP contribution >= 0.6 is 11.3 Å². The number of hydrogen-bond acceptors (Lipinski definition) is 3. The van der Waals surface area contributed by atoms with Crippen LogP contribution < -0.4 is 0 Å². The van der Waals surface area contributed by atoms with Gasteiger partial charge in [-0.2, -0.15) is 0 Å². The van der Waals surface area contributed by atoms with Crippen molar-refractivity contribution < 1.29 is 9.90 Å². The lowest BCUT2D eigenvalue weighted by Gasteiger charge is -2.42. The number of nitrogens with zero attached hydrogens (tertiary/aromatic N) is 1. The van der Waals surface area contributed by atoms with Crippen LogP contribution in [0.2, 0.25) is 0 Å². The van der Waals surface area contributed by atoms with Crippen LogP contribution in [-0.2, 0) is 4.79 Å². The van der Waals surface area contributed by atoms with Gasteiger partial charge in [0.2, 0.25) is 0 Å².